The number of aromatic amines is 1. The molecule has 0 spiro atoms. The number of benzene rings is 1. The molecule has 1 aromatic carbocycles. The standard InChI is InChI=1S/C20H24N4O6/c1-4-5-10-24-18-17(19(26)22-20(24)27)23(2)15(21-18)11-30-16(25)12-29-14-9-7-6-8-13(14)28-3/h6-9H,4-5,10-12H2,1-3H3,(H,22,26,27). The highest BCUT2D eigenvalue weighted by Crippen LogP contribution is 2.25. The number of nitrogens with one attached hydrogen (secondary N) is 1. The molecule has 1 N–H and O–H groups in total. The van der Waals surface area contributed by atoms with Crippen LogP contribution in [0, 0.1) is 0 Å². The van der Waals surface area contributed by atoms with Crippen molar-refractivity contribution in [2.75, 3.05) is 13.7 Å². The van der Waals surface area contributed by atoms with Gasteiger partial charge in [0, 0.05) is 13.6 Å². The van der Waals surface area contributed by atoms with Crippen molar-refractivity contribution >= 4 is 17.1 Å². The van der Waals surface area contributed by atoms with Gasteiger partial charge in [0.1, 0.15) is 12.4 Å². The highest BCUT2D eigenvalue weighted by Gasteiger charge is 2.17. The number of aryl methyl sites for hydroxylation is 2. The molecule has 0 atom stereocenters. The number of hydrogen-bond donors (Lipinski definition) is 1. The Labute approximate surface area is 172 Å². The second-order valence-corrected chi connectivity index (χ2v) is 6.62. The number of methoxy groups -OCH3 is 1. The fourth-order valence-corrected chi connectivity index (χ4v) is 3.01. The Balaban J connectivity index is 1.73. The molecule has 0 aliphatic rings. The lowest BCUT2D eigenvalue weighted by Crippen LogP contribution is -2.31. The number of ether oxygens (including phenoxy) is 3. The van der Waals surface area contributed by atoms with Crippen LogP contribution >= 0.6 is 0 Å². The fourth-order valence-electron chi connectivity index (χ4n) is 3.01. The molecule has 0 saturated heterocycles. The maximum Gasteiger partial charge on any atom is 0.344 e. The van der Waals surface area contributed by atoms with Gasteiger partial charge >= 0.3 is 11.7 Å². The second kappa shape index (κ2) is 9.29. The number of aromatic nitrogens is 4. The van der Waals surface area contributed by atoms with Crippen molar-refractivity contribution in [3.63, 3.8) is 0 Å². The van der Waals surface area contributed by atoms with E-state index in [4.69, 9.17) is 14.2 Å². The summed E-state index contributed by atoms with van der Waals surface area (Å²) in [5, 5.41) is 0. The Bertz CT molecular complexity index is 1160. The van der Waals surface area contributed by atoms with Crippen LogP contribution in [0.1, 0.15) is 25.6 Å². The molecule has 0 bridgehead atoms. The number of esters is 1. The van der Waals surface area contributed by atoms with E-state index in [1.807, 2.05) is 6.92 Å². The summed E-state index contributed by atoms with van der Waals surface area (Å²) in [6, 6.07) is 6.95. The number of carbonyl (C=O) groups excluding carboxylic acids is 1. The van der Waals surface area contributed by atoms with Crippen LogP contribution in [0.15, 0.2) is 33.9 Å². The van der Waals surface area contributed by atoms with Gasteiger partial charge in [-0.25, -0.2) is 14.6 Å². The molecule has 0 fully saturated rings. The van der Waals surface area contributed by atoms with Gasteiger partial charge in [-0.15, -0.1) is 0 Å². The number of unbranched alkanes of at least 4 members (excludes halogenated alkanes) is 1. The van der Waals surface area contributed by atoms with Crippen molar-refractivity contribution < 1.29 is 19.0 Å². The number of hydrogen-bond acceptors (Lipinski definition) is 7. The number of imidazole rings is 1. The molecule has 3 aromatic rings. The number of nitrogens with zero attached hydrogens (tertiary/aromatic N) is 3. The topological polar surface area (TPSA) is 117 Å². The first-order valence-corrected chi connectivity index (χ1v) is 9.56. The summed E-state index contributed by atoms with van der Waals surface area (Å²) in [5.74, 6) is 0.665. The first-order valence-electron chi connectivity index (χ1n) is 9.56. The van der Waals surface area contributed by atoms with Gasteiger partial charge in [0.25, 0.3) is 5.56 Å². The van der Waals surface area contributed by atoms with Crippen molar-refractivity contribution in [3.8, 4) is 11.5 Å². The maximum absolute atomic E-state index is 12.2. The number of para-hydroxylation sites is 2. The molecular weight excluding hydrogens is 392 g/mol. The third-order valence-electron chi connectivity index (χ3n) is 4.62. The van der Waals surface area contributed by atoms with Crippen molar-refractivity contribution in [3.05, 3.63) is 50.9 Å². The lowest BCUT2D eigenvalue weighted by Gasteiger charge is -2.10. The lowest BCUT2D eigenvalue weighted by molar-refractivity contribution is -0.147. The molecule has 0 aliphatic heterocycles. The van der Waals surface area contributed by atoms with Crippen LogP contribution in [-0.2, 0) is 29.7 Å². The number of H-pyrrole nitrogens is 1. The van der Waals surface area contributed by atoms with E-state index in [-0.39, 0.29) is 24.4 Å². The van der Waals surface area contributed by atoms with Crippen LogP contribution in [0.3, 0.4) is 0 Å². The number of carbonyl (C=O) groups is 1. The van der Waals surface area contributed by atoms with E-state index in [1.165, 1.54) is 16.2 Å². The summed E-state index contributed by atoms with van der Waals surface area (Å²) in [4.78, 5) is 43.2. The average Bonchev–Trinajstić information content (AvgIpc) is 3.07. The van der Waals surface area contributed by atoms with Crippen LogP contribution < -0.4 is 20.7 Å². The number of rotatable bonds is 9. The molecule has 10 nitrogen and oxygen atoms in total. The first kappa shape index (κ1) is 21.2. The van der Waals surface area contributed by atoms with Gasteiger partial charge in [-0.1, -0.05) is 25.5 Å². The van der Waals surface area contributed by atoms with Gasteiger partial charge < -0.3 is 18.8 Å². The van der Waals surface area contributed by atoms with E-state index >= 15 is 0 Å². The zero-order valence-electron chi connectivity index (χ0n) is 17.1. The third-order valence-corrected chi connectivity index (χ3v) is 4.62. The maximum atomic E-state index is 12.2. The molecule has 10 heteroatoms. The van der Waals surface area contributed by atoms with Crippen LogP contribution in [0.25, 0.3) is 11.2 Å². The van der Waals surface area contributed by atoms with Gasteiger partial charge in [-0.2, -0.15) is 0 Å². The molecular formula is C20H24N4O6. The molecule has 0 radical (unpaired) electrons. The van der Waals surface area contributed by atoms with E-state index in [9.17, 15) is 14.4 Å². The van der Waals surface area contributed by atoms with Gasteiger partial charge in [0.05, 0.1) is 7.11 Å². The monoisotopic (exact) mass is 416 g/mol. The van der Waals surface area contributed by atoms with E-state index in [1.54, 1.807) is 31.3 Å². The minimum absolute atomic E-state index is 0.166. The molecule has 30 heavy (non-hydrogen) atoms. The minimum Gasteiger partial charge on any atom is -0.493 e. The predicted molar refractivity (Wildman–Crippen MR) is 109 cm³/mol. The van der Waals surface area contributed by atoms with E-state index in [0.717, 1.165) is 12.8 Å². The zero-order valence-corrected chi connectivity index (χ0v) is 17.1. The summed E-state index contributed by atoms with van der Waals surface area (Å²) in [7, 11) is 3.14. The normalized spacial score (nSPS) is 10.9. The van der Waals surface area contributed by atoms with Crippen LogP contribution in [-0.4, -0.2) is 38.8 Å². The molecule has 0 saturated carbocycles. The number of fused-ring (bicyclic) bond motifs is 1. The highest BCUT2D eigenvalue weighted by molar-refractivity contribution is 5.72. The van der Waals surface area contributed by atoms with Crippen molar-refractivity contribution in [1.29, 1.82) is 0 Å². The summed E-state index contributed by atoms with van der Waals surface area (Å²) in [6.45, 7) is 1.96. The summed E-state index contributed by atoms with van der Waals surface area (Å²) in [5.41, 5.74) is -0.513. The summed E-state index contributed by atoms with van der Waals surface area (Å²) < 4.78 is 18.8. The van der Waals surface area contributed by atoms with E-state index < -0.39 is 17.2 Å². The SMILES string of the molecule is CCCCn1c(=O)[nH]c(=O)c2c1nc(COC(=O)COc1ccccc1OC)n2C. The highest BCUT2D eigenvalue weighted by atomic mass is 16.6. The average molecular weight is 416 g/mol. The Morgan fingerprint density at radius 2 is 1.93 bits per heavy atom. The smallest absolute Gasteiger partial charge is 0.344 e. The van der Waals surface area contributed by atoms with Crippen LogP contribution in [0.4, 0.5) is 0 Å². The first-order chi connectivity index (χ1) is 14.5. The molecule has 0 unspecified atom stereocenters. The van der Waals surface area contributed by atoms with Gasteiger partial charge in [0.15, 0.2) is 29.3 Å². The van der Waals surface area contributed by atoms with E-state index in [0.29, 0.717) is 23.9 Å². The summed E-state index contributed by atoms with van der Waals surface area (Å²) >= 11 is 0. The van der Waals surface area contributed by atoms with Crippen molar-refractivity contribution in [1.82, 2.24) is 19.1 Å². The molecule has 0 amide bonds. The Morgan fingerprint density at radius 3 is 2.63 bits per heavy atom. The lowest BCUT2D eigenvalue weighted by atomic mass is 10.3. The van der Waals surface area contributed by atoms with Gasteiger partial charge in [-0.3, -0.25) is 14.3 Å². The van der Waals surface area contributed by atoms with Gasteiger partial charge in [-0.05, 0) is 18.6 Å². The van der Waals surface area contributed by atoms with Crippen molar-refractivity contribution in [2.45, 2.75) is 32.9 Å². The molecule has 2 heterocycles. The zero-order chi connectivity index (χ0) is 21.7. The second-order valence-electron chi connectivity index (χ2n) is 6.62. The van der Waals surface area contributed by atoms with Crippen molar-refractivity contribution in [2.24, 2.45) is 7.05 Å². The Kier molecular flexibility index (Phi) is 6.55. The van der Waals surface area contributed by atoms with Crippen LogP contribution in [0.5, 0.6) is 11.5 Å². The summed E-state index contributed by atoms with van der Waals surface area (Å²) in [6.07, 6.45) is 1.65. The molecule has 3 rings (SSSR count). The third kappa shape index (κ3) is 4.37. The largest absolute Gasteiger partial charge is 0.493 e. The Hall–Kier alpha value is -3.56. The quantitative estimate of drug-likeness (QED) is 0.523. The minimum atomic E-state index is -0.606. The predicted octanol–water partition coefficient (Wildman–Crippen LogP) is 1.35. The molecule has 2 aromatic heterocycles. The van der Waals surface area contributed by atoms with E-state index in [2.05, 4.69) is 9.97 Å². The fraction of sp³-hybridized carbons (Fsp3) is 0.400. The van der Waals surface area contributed by atoms with Crippen LogP contribution in [0.2, 0.25) is 0 Å². The Morgan fingerprint density at radius 1 is 1.20 bits per heavy atom. The molecule has 160 valence electrons. The molecule has 0 aliphatic carbocycles. The van der Waals surface area contributed by atoms with Gasteiger partial charge in [0.2, 0.25) is 0 Å².